The highest BCUT2D eigenvalue weighted by molar-refractivity contribution is 6.03. The van der Waals surface area contributed by atoms with E-state index in [2.05, 4.69) is 37.3 Å². The lowest BCUT2D eigenvalue weighted by Crippen LogP contribution is -2.46. The van der Waals surface area contributed by atoms with Crippen molar-refractivity contribution in [3.63, 3.8) is 0 Å². The Morgan fingerprint density at radius 3 is 2.67 bits per heavy atom. The highest BCUT2D eigenvalue weighted by Crippen LogP contribution is 2.29. The van der Waals surface area contributed by atoms with E-state index < -0.39 is 6.09 Å². The number of nitrogens with zero attached hydrogens (tertiary/aromatic N) is 5. The number of pyridine rings is 1. The Hall–Kier alpha value is -4.37. The third-order valence-corrected chi connectivity index (χ3v) is 7.10. The minimum absolute atomic E-state index is 0.173. The molecule has 1 aliphatic rings. The number of nitrogens with one attached hydrogen (secondary N) is 1. The third-order valence-electron chi connectivity index (χ3n) is 7.10. The standard InChI is InChI=1S/C30H32N6O3/c1-22(33-30(37)38-21-23-7-3-2-4-8-23)19-36-29-24(18-32-36)10-11-27-26(29)17-25(39-27)20-34-13-15-35(16-14-34)28-9-5-6-12-31-28/h2-12,17-18,22H,13-16,19-21H2,1H3,(H,33,37)/t22-/m0/s1. The molecule has 1 saturated heterocycles. The van der Waals surface area contributed by atoms with Gasteiger partial charge in [-0.15, -0.1) is 0 Å². The summed E-state index contributed by atoms with van der Waals surface area (Å²) in [5.74, 6) is 1.97. The molecule has 0 bridgehead atoms. The van der Waals surface area contributed by atoms with Crippen LogP contribution in [0.1, 0.15) is 18.2 Å². The van der Waals surface area contributed by atoms with Gasteiger partial charge in [0.2, 0.25) is 0 Å². The van der Waals surface area contributed by atoms with Crippen molar-refractivity contribution in [3.8, 4) is 0 Å². The molecular weight excluding hydrogens is 492 g/mol. The van der Waals surface area contributed by atoms with E-state index in [1.165, 1.54) is 0 Å². The Kier molecular flexibility index (Phi) is 7.14. The van der Waals surface area contributed by atoms with E-state index in [-0.39, 0.29) is 12.6 Å². The summed E-state index contributed by atoms with van der Waals surface area (Å²) >= 11 is 0. The van der Waals surface area contributed by atoms with Crippen LogP contribution >= 0.6 is 0 Å². The summed E-state index contributed by atoms with van der Waals surface area (Å²) in [6.45, 7) is 7.23. The number of hydrogen-bond donors (Lipinski definition) is 1. The number of benzene rings is 2. The summed E-state index contributed by atoms with van der Waals surface area (Å²) in [4.78, 5) is 21.6. The van der Waals surface area contributed by atoms with Crippen molar-refractivity contribution in [1.29, 1.82) is 0 Å². The molecule has 0 saturated carbocycles. The summed E-state index contributed by atoms with van der Waals surface area (Å²) in [6, 6.07) is 21.7. The molecule has 2 aromatic carbocycles. The highest BCUT2D eigenvalue weighted by Gasteiger charge is 2.20. The summed E-state index contributed by atoms with van der Waals surface area (Å²) in [6.07, 6.45) is 3.26. The Morgan fingerprint density at radius 2 is 1.87 bits per heavy atom. The zero-order valence-electron chi connectivity index (χ0n) is 22.0. The number of alkyl carbamates (subject to hydrolysis) is 1. The van der Waals surface area contributed by atoms with Gasteiger partial charge in [-0.05, 0) is 42.8 Å². The number of piperazine rings is 1. The Bertz CT molecular complexity index is 1540. The number of rotatable bonds is 8. The lowest BCUT2D eigenvalue weighted by molar-refractivity contribution is 0.135. The van der Waals surface area contributed by atoms with Crippen molar-refractivity contribution in [2.45, 2.75) is 32.7 Å². The predicted molar refractivity (Wildman–Crippen MR) is 150 cm³/mol. The van der Waals surface area contributed by atoms with Crippen LogP contribution in [-0.4, -0.2) is 58.0 Å². The molecule has 0 radical (unpaired) electrons. The molecule has 0 unspecified atom stereocenters. The van der Waals surface area contributed by atoms with E-state index in [0.717, 1.165) is 71.7 Å². The second-order valence-electron chi connectivity index (χ2n) is 10.0. The average Bonchev–Trinajstić information content (AvgIpc) is 3.56. The van der Waals surface area contributed by atoms with Crippen LogP contribution in [-0.2, 0) is 24.4 Å². The number of fused-ring (bicyclic) bond motifs is 3. The number of furan rings is 1. The van der Waals surface area contributed by atoms with Crippen LogP contribution in [0, 0.1) is 0 Å². The number of ether oxygens (including phenoxy) is 1. The molecule has 1 N–H and O–H groups in total. The van der Waals surface area contributed by atoms with Crippen LogP contribution < -0.4 is 10.2 Å². The number of aromatic nitrogens is 3. The number of anilines is 1. The maximum Gasteiger partial charge on any atom is 0.407 e. The van der Waals surface area contributed by atoms with E-state index in [1.807, 2.05) is 78.6 Å². The van der Waals surface area contributed by atoms with Gasteiger partial charge in [-0.3, -0.25) is 9.58 Å². The molecule has 1 fully saturated rings. The molecule has 5 aromatic rings. The molecular formula is C30H32N6O3. The van der Waals surface area contributed by atoms with Gasteiger partial charge < -0.3 is 19.4 Å². The minimum Gasteiger partial charge on any atom is -0.460 e. The van der Waals surface area contributed by atoms with Gasteiger partial charge in [-0.2, -0.15) is 5.10 Å². The number of hydrogen-bond acceptors (Lipinski definition) is 7. The molecule has 1 amide bonds. The average molecular weight is 525 g/mol. The van der Waals surface area contributed by atoms with E-state index in [9.17, 15) is 4.79 Å². The van der Waals surface area contributed by atoms with Gasteiger partial charge in [-0.1, -0.05) is 36.4 Å². The largest absolute Gasteiger partial charge is 0.460 e. The van der Waals surface area contributed by atoms with Crippen LogP contribution in [0.2, 0.25) is 0 Å². The molecule has 9 heteroatoms. The lowest BCUT2D eigenvalue weighted by atomic mass is 10.2. The van der Waals surface area contributed by atoms with E-state index in [4.69, 9.17) is 9.15 Å². The van der Waals surface area contributed by atoms with Crippen molar-refractivity contribution in [2.24, 2.45) is 0 Å². The van der Waals surface area contributed by atoms with Gasteiger partial charge >= 0.3 is 6.09 Å². The smallest absolute Gasteiger partial charge is 0.407 e. The molecule has 9 nitrogen and oxygen atoms in total. The zero-order chi connectivity index (χ0) is 26.6. The van der Waals surface area contributed by atoms with E-state index >= 15 is 0 Å². The second kappa shape index (κ2) is 11.2. The Morgan fingerprint density at radius 1 is 1.05 bits per heavy atom. The van der Waals surface area contributed by atoms with E-state index in [1.54, 1.807) is 0 Å². The SMILES string of the molecule is C[C@@H](Cn1ncc2ccc3oc(CN4CCN(c5ccccn5)CC4)cc3c21)NC(=O)OCc1ccccc1. The molecule has 1 aliphatic heterocycles. The molecule has 0 aliphatic carbocycles. The van der Waals surface area contributed by atoms with Gasteiger partial charge in [0.1, 0.15) is 23.8 Å². The van der Waals surface area contributed by atoms with Crippen LogP contribution in [0.15, 0.2) is 83.5 Å². The summed E-state index contributed by atoms with van der Waals surface area (Å²) < 4.78 is 13.6. The molecule has 6 rings (SSSR count). The summed E-state index contributed by atoms with van der Waals surface area (Å²) in [5.41, 5.74) is 2.80. The molecule has 1 atom stereocenters. The van der Waals surface area contributed by atoms with Gasteiger partial charge in [-0.25, -0.2) is 9.78 Å². The van der Waals surface area contributed by atoms with Crippen molar-refractivity contribution in [2.75, 3.05) is 31.1 Å². The third kappa shape index (κ3) is 5.73. The van der Waals surface area contributed by atoms with Crippen LogP contribution in [0.3, 0.4) is 0 Å². The minimum atomic E-state index is -0.443. The summed E-state index contributed by atoms with van der Waals surface area (Å²) in [5, 5.41) is 9.60. The van der Waals surface area contributed by atoms with Gasteiger partial charge in [0.05, 0.1) is 24.8 Å². The second-order valence-corrected chi connectivity index (χ2v) is 10.0. The summed E-state index contributed by atoms with van der Waals surface area (Å²) in [7, 11) is 0. The van der Waals surface area contributed by atoms with Crippen LogP contribution in [0.4, 0.5) is 10.6 Å². The maximum atomic E-state index is 12.3. The quantitative estimate of drug-likeness (QED) is 0.312. The monoisotopic (exact) mass is 524 g/mol. The van der Waals surface area contributed by atoms with E-state index in [0.29, 0.717) is 6.54 Å². The fourth-order valence-electron chi connectivity index (χ4n) is 5.13. The predicted octanol–water partition coefficient (Wildman–Crippen LogP) is 4.81. The zero-order valence-corrected chi connectivity index (χ0v) is 22.0. The van der Waals surface area contributed by atoms with Gasteiger partial charge in [0.25, 0.3) is 0 Å². The first-order valence-corrected chi connectivity index (χ1v) is 13.3. The maximum absolute atomic E-state index is 12.3. The first-order valence-electron chi connectivity index (χ1n) is 13.3. The normalized spacial score (nSPS) is 15.1. The number of amides is 1. The molecule has 4 heterocycles. The topological polar surface area (TPSA) is 88.7 Å². The van der Waals surface area contributed by atoms with Crippen molar-refractivity contribution in [3.05, 3.63) is 90.4 Å². The van der Waals surface area contributed by atoms with Gasteiger partial charge in [0, 0.05) is 49.2 Å². The van der Waals surface area contributed by atoms with Crippen molar-refractivity contribution >= 4 is 33.8 Å². The number of carbonyl (C=O) groups is 1. The molecule has 200 valence electrons. The molecule has 3 aromatic heterocycles. The highest BCUT2D eigenvalue weighted by atomic mass is 16.5. The van der Waals surface area contributed by atoms with Gasteiger partial charge in [0.15, 0.2) is 0 Å². The lowest BCUT2D eigenvalue weighted by Gasteiger charge is -2.34. The van der Waals surface area contributed by atoms with Crippen LogP contribution in [0.5, 0.6) is 0 Å². The van der Waals surface area contributed by atoms with Crippen molar-refractivity contribution < 1.29 is 13.9 Å². The fourth-order valence-corrected chi connectivity index (χ4v) is 5.13. The molecule has 39 heavy (non-hydrogen) atoms. The van der Waals surface area contributed by atoms with Crippen LogP contribution in [0.25, 0.3) is 21.9 Å². The fraction of sp³-hybridized carbons (Fsp3) is 0.300. The Balaban J connectivity index is 1.10. The van der Waals surface area contributed by atoms with Crippen molar-refractivity contribution in [1.82, 2.24) is 25.0 Å². The number of carbonyl (C=O) groups excluding carboxylic acids is 1. The first-order chi connectivity index (χ1) is 19.1. The Labute approximate surface area is 227 Å². The molecule has 0 spiro atoms. The first kappa shape index (κ1) is 24.9.